The molecule has 0 atom stereocenters. The Morgan fingerprint density at radius 1 is 1.38 bits per heavy atom. The van der Waals surface area contributed by atoms with Gasteiger partial charge in [-0.3, -0.25) is 4.79 Å². The first-order chi connectivity index (χ1) is 9.65. The molecule has 1 N–H and O–H groups in total. The van der Waals surface area contributed by atoms with Crippen LogP contribution in [-0.4, -0.2) is 21.4 Å². The standard InChI is InChI=1S/C14H20ClNO4S/c1-9(2)5-6-13(17)16-11-7-10(3)8-12(14(11)20-4)21(15,18)19/h7-9H,5-6H2,1-4H3,(H,16,17). The second kappa shape index (κ2) is 7.13. The van der Waals surface area contributed by atoms with Crippen LogP contribution in [0.5, 0.6) is 5.75 Å². The van der Waals surface area contributed by atoms with E-state index in [0.717, 1.165) is 6.42 Å². The minimum absolute atomic E-state index is 0.0495. The van der Waals surface area contributed by atoms with Crippen LogP contribution in [0.1, 0.15) is 32.3 Å². The fraction of sp³-hybridized carbons (Fsp3) is 0.500. The maximum Gasteiger partial charge on any atom is 0.265 e. The predicted molar refractivity (Wildman–Crippen MR) is 83.5 cm³/mol. The molecule has 1 aromatic carbocycles. The number of ether oxygens (including phenoxy) is 1. The van der Waals surface area contributed by atoms with E-state index in [1.54, 1.807) is 13.0 Å². The highest BCUT2D eigenvalue weighted by Gasteiger charge is 2.21. The molecule has 0 saturated heterocycles. The summed E-state index contributed by atoms with van der Waals surface area (Å²) in [5.41, 5.74) is 0.972. The highest BCUT2D eigenvalue weighted by molar-refractivity contribution is 8.13. The Labute approximate surface area is 130 Å². The fourth-order valence-electron chi connectivity index (χ4n) is 1.86. The first-order valence-corrected chi connectivity index (χ1v) is 8.89. The van der Waals surface area contributed by atoms with Crippen molar-refractivity contribution in [3.8, 4) is 5.75 Å². The maximum atomic E-state index is 11.9. The van der Waals surface area contributed by atoms with Gasteiger partial charge in [-0.1, -0.05) is 13.8 Å². The van der Waals surface area contributed by atoms with Crippen molar-refractivity contribution in [1.29, 1.82) is 0 Å². The molecule has 0 spiro atoms. The molecule has 7 heteroatoms. The molecule has 0 unspecified atom stereocenters. The molecule has 1 amide bonds. The fourth-order valence-corrected chi connectivity index (χ4v) is 2.94. The summed E-state index contributed by atoms with van der Waals surface area (Å²) in [6, 6.07) is 3.06. The Balaban J connectivity index is 3.13. The number of aryl methyl sites for hydroxylation is 1. The molecule has 0 saturated carbocycles. The van der Waals surface area contributed by atoms with Gasteiger partial charge in [0.25, 0.3) is 9.05 Å². The first-order valence-electron chi connectivity index (χ1n) is 6.58. The Morgan fingerprint density at radius 3 is 2.48 bits per heavy atom. The maximum absolute atomic E-state index is 11.9. The molecule has 0 bridgehead atoms. The van der Waals surface area contributed by atoms with Crippen molar-refractivity contribution in [3.05, 3.63) is 17.7 Å². The van der Waals surface area contributed by atoms with Crippen molar-refractivity contribution in [2.24, 2.45) is 5.92 Å². The smallest absolute Gasteiger partial charge is 0.265 e. The van der Waals surface area contributed by atoms with Gasteiger partial charge in [-0.05, 0) is 37.0 Å². The van der Waals surface area contributed by atoms with Crippen molar-refractivity contribution in [2.45, 2.75) is 38.5 Å². The Morgan fingerprint density at radius 2 is 2.00 bits per heavy atom. The zero-order valence-corrected chi connectivity index (χ0v) is 14.1. The molecule has 21 heavy (non-hydrogen) atoms. The van der Waals surface area contributed by atoms with Crippen LogP contribution in [0, 0.1) is 12.8 Å². The van der Waals surface area contributed by atoms with Crippen LogP contribution in [0.4, 0.5) is 5.69 Å². The third kappa shape index (κ3) is 5.21. The van der Waals surface area contributed by atoms with E-state index in [9.17, 15) is 13.2 Å². The van der Waals surface area contributed by atoms with Gasteiger partial charge in [0.2, 0.25) is 5.91 Å². The average molecular weight is 334 g/mol. The van der Waals surface area contributed by atoms with Gasteiger partial charge in [-0.2, -0.15) is 0 Å². The average Bonchev–Trinajstić information content (AvgIpc) is 2.34. The third-order valence-corrected chi connectivity index (χ3v) is 4.22. The van der Waals surface area contributed by atoms with Gasteiger partial charge in [0.15, 0.2) is 5.75 Å². The molecular formula is C14H20ClNO4S. The molecule has 0 radical (unpaired) electrons. The Bertz CT molecular complexity index is 626. The monoisotopic (exact) mass is 333 g/mol. The summed E-state index contributed by atoms with van der Waals surface area (Å²) in [5.74, 6) is 0.271. The van der Waals surface area contributed by atoms with Crippen LogP contribution in [0.2, 0.25) is 0 Å². The highest BCUT2D eigenvalue weighted by atomic mass is 35.7. The molecule has 0 fully saturated rings. The molecule has 0 aliphatic carbocycles. The minimum atomic E-state index is -3.96. The summed E-state index contributed by atoms with van der Waals surface area (Å²) in [6.07, 6.45) is 1.11. The number of carbonyl (C=O) groups is 1. The number of halogens is 1. The van der Waals surface area contributed by atoms with Gasteiger partial charge in [0, 0.05) is 17.1 Å². The van der Waals surface area contributed by atoms with Crippen LogP contribution >= 0.6 is 10.7 Å². The van der Waals surface area contributed by atoms with E-state index in [4.69, 9.17) is 15.4 Å². The number of methoxy groups -OCH3 is 1. The number of amides is 1. The summed E-state index contributed by atoms with van der Waals surface area (Å²) in [6.45, 7) is 5.77. The lowest BCUT2D eigenvalue weighted by molar-refractivity contribution is -0.116. The summed E-state index contributed by atoms with van der Waals surface area (Å²) in [4.78, 5) is 11.8. The van der Waals surface area contributed by atoms with E-state index < -0.39 is 9.05 Å². The number of hydrogen-bond acceptors (Lipinski definition) is 4. The van der Waals surface area contributed by atoms with Crippen LogP contribution in [0.3, 0.4) is 0 Å². The van der Waals surface area contributed by atoms with Crippen molar-refractivity contribution >= 4 is 31.3 Å². The van der Waals surface area contributed by atoms with Gasteiger partial charge in [0.1, 0.15) is 4.90 Å². The molecule has 1 aromatic rings. The number of hydrogen-bond donors (Lipinski definition) is 1. The van der Waals surface area contributed by atoms with Crippen LogP contribution < -0.4 is 10.1 Å². The number of carbonyl (C=O) groups excluding carboxylic acids is 1. The molecular weight excluding hydrogens is 314 g/mol. The van der Waals surface area contributed by atoms with Crippen molar-refractivity contribution in [3.63, 3.8) is 0 Å². The Kier molecular flexibility index (Phi) is 6.04. The highest BCUT2D eigenvalue weighted by Crippen LogP contribution is 2.35. The molecule has 0 heterocycles. The van der Waals surface area contributed by atoms with E-state index in [-0.39, 0.29) is 16.6 Å². The van der Waals surface area contributed by atoms with E-state index in [1.807, 2.05) is 13.8 Å². The van der Waals surface area contributed by atoms with Crippen molar-refractivity contribution in [1.82, 2.24) is 0 Å². The second-order valence-corrected chi connectivity index (χ2v) is 7.80. The summed E-state index contributed by atoms with van der Waals surface area (Å²) in [7, 11) is 2.78. The number of benzene rings is 1. The largest absolute Gasteiger partial charge is 0.493 e. The third-order valence-electron chi connectivity index (χ3n) is 2.89. The molecule has 0 aliphatic rings. The first kappa shape index (κ1) is 17.8. The normalized spacial score (nSPS) is 11.5. The lowest BCUT2D eigenvalue weighted by Crippen LogP contribution is -2.14. The number of rotatable bonds is 6. The van der Waals surface area contributed by atoms with E-state index in [1.165, 1.54) is 13.2 Å². The Hall–Kier alpha value is -1.27. The van der Waals surface area contributed by atoms with Crippen LogP contribution in [-0.2, 0) is 13.8 Å². The topological polar surface area (TPSA) is 72.5 Å². The lowest BCUT2D eigenvalue weighted by Gasteiger charge is -2.14. The van der Waals surface area contributed by atoms with Gasteiger partial charge < -0.3 is 10.1 Å². The summed E-state index contributed by atoms with van der Waals surface area (Å²) < 4.78 is 28.3. The van der Waals surface area contributed by atoms with E-state index in [0.29, 0.717) is 23.6 Å². The zero-order valence-electron chi connectivity index (χ0n) is 12.6. The number of anilines is 1. The van der Waals surface area contributed by atoms with Crippen LogP contribution in [0.25, 0.3) is 0 Å². The number of nitrogens with one attached hydrogen (secondary N) is 1. The molecule has 0 aromatic heterocycles. The second-order valence-electron chi connectivity index (χ2n) is 5.26. The molecule has 118 valence electrons. The lowest BCUT2D eigenvalue weighted by atomic mass is 10.1. The van der Waals surface area contributed by atoms with Gasteiger partial charge >= 0.3 is 0 Å². The zero-order chi connectivity index (χ0) is 16.2. The predicted octanol–water partition coefficient (Wildman–Crippen LogP) is 3.31. The van der Waals surface area contributed by atoms with Gasteiger partial charge in [-0.25, -0.2) is 8.42 Å². The molecule has 0 aliphatic heterocycles. The van der Waals surface area contributed by atoms with E-state index in [2.05, 4.69) is 5.32 Å². The van der Waals surface area contributed by atoms with E-state index >= 15 is 0 Å². The molecule has 1 rings (SSSR count). The van der Waals surface area contributed by atoms with Crippen molar-refractivity contribution in [2.75, 3.05) is 12.4 Å². The minimum Gasteiger partial charge on any atom is -0.493 e. The molecule has 5 nitrogen and oxygen atoms in total. The van der Waals surface area contributed by atoms with Crippen LogP contribution in [0.15, 0.2) is 17.0 Å². The summed E-state index contributed by atoms with van der Waals surface area (Å²) in [5, 5.41) is 2.68. The van der Waals surface area contributed by atoms with Gasteiger partial charge in [0.05, 0.1) is 12.8 Å². The van der Waals surface area contributed by atoms with Gasteiger partial charge in [-0.15, -0.1) is 0 Å². The SMILES string of the molecule is COc1c(NC(=O)CCC(C)C)cc(C)cc1S(=O)(=O)Cl. The summed E-state index contributed by atoms with van der Waals surface area (Å²) >= 11 is 0. The van der Waals surface area contributed by atoms with Crippen molar-refractivity contribution < 1.29 is 17.9 Å². The quantitative estimate of drug-likeness (QED) is 0.811.